The fourth-order valence-electron chi connectivity index (χ4n) is 2.57. The summed E-state index contributed by atoms with van der Waals surface area (Å²) in [6.45, 7) is 4.02. The van der Waals surface area contributed by atoms with E-state index in [4.69, 9.17) is 9.47 Å². The molecule has 0 aliphatic heterocycles. The lowest BCUT2D eigenvalue weighted by molar-refractivity contribution is 0.248. The Labute approximate surface area is 147 Å². The Balaban J connectivity index is 1.59. The topological polar surface area (TPSA) is 72.5 Å². The van der Waals surface area contributed by atoms with Crippen molar-refractivity contribution in [3.05, 3.63) is 42.1 Å². The van der Waals surface area contributed by atoms with E-state index in [1.165, 1.54) is 12.8 Å². The van der Waals surface area contributed by atoms with E-state index < -0.39 is 0 Å². The smallest absolute Gasteiger partial charge is 0.319 e. The molecule has 25 heavy (non-hydrogen) atoms. The molecule has 3 rings (SSSR count). The van der Waals surface area contributed by atoms with Crippen LogP contribution in [0.5, 0.6) is 17.4 Å². The zero-order valence-electron chi connectivity index (χ0n) is 14.7. The molecule has 1 aliphatic rings. The fourth-order valence-corrected chi connectivity index (χ4v) is 2.57. The number of methoxy groups -OCH3 is 1. The van der Waals surface area contributed by atoms with Gasteiger partial charge in [0, 0.05) is 12.1 Å². The molecule has 2 aromatic rings. The number of nitrogens with zero attached hydrogens (tertiary/aromatic N) is 1. The molecule has 1 aromatic heterocycles. The molecule has 2 amide bonds. The number of rotatable bonds is 6. The van der Waals surface area contributed by atoms with Crippen molar-refractivity contribution in [1.82, 2.24) is 10.3 Å². The van der Waals surface area contributed by atoms with Crippen LogP contribution >= 0.6 is 0 Å². The average Bonchev–Trinajstić information content (AvgIpc) is 3.43. The minimum Gasteiger partial charge on any atom is -0.493 e. The van der Waals surface area contributed by atoms with Crippen LogP contribution < -0.4 is 20.1 Å². The molecule has 0 spiro atoms. The highest BCUT2D eigenvalue weighted by Gasteiger charge is 2.28. The first kappa shape index (κ1) is 17.1. The van der Waals surface area contributed by atoms with Crippen LogP contribution in [0, 0.1) is 12.8 Å². The number of urea groups is 1. The molecule has 6 heteroatoms. The van der Waals surface area contributed by atoms with Crippen LogP contribution in [0.2, 0.25) is 0 Å². The largest absolute Gasteiger partial charge is 0.493 e. The number of aryl methyl sites for hydroxylation is 1. The number of anilines is 1. The second-order valence-corrected chi connectivity index (χ2v) is 6.37. The van der Waals surface area contributed by atoms with Crippen LogP contribution in [-0.4, -0.2) is 24.2 Å². The Morgan fingerprint density at radius 3 is 2.68 bits per heavy atom. The molecule has 6 nitrogen and oxygen atoms in total. The van der Waals surface area contributed by atoms with Crippen molar-refractivity contribution in [2.24, 2.45) is 5.92 Å². The summed E-state index contributed by atoms with van der Waals surface area (Å²) in [5.41, 5.74) is 1.70. The molecule has 1 atom stereocenters. The van der Waals surface area contributed by atoms with Crippen molar-refractivity contribution in [1.29, 1.82) is 0 Å². The third-order valence-electron chi connectivity index (χ3n) is 4.22. The maximum Gasteiger partial charge on any atom is 0.319 e. The second kappa shape index (κ2) is 7.42. The van der Waals surface area contributed by atoms with Gasteiger partial charge in [0.1, 0.15) is 0 Å². The number of benzene rings is 1. The number of amides is 2. The van der Waals surface area contributed by atoms with E-state index in [-0.39, 0.29) is 12.1 Å². The zero-order chi connectivity index (χ0) is 17.8. The normalized spacial score (nSPS) is 14.5. The van der Waals surface area contributed by atoms with Gasteiger partial charge in [-0.2, -0.15) is 0 Å². The SMILES string of the molecule is COc1cc(C)ccc1Oc1ccc(NC(=O)NC(C)C2CC2)cn1. The van der Waals surface area contributed by atoms with Gasteiger partial charge in [-0.1, -0.05) is 6.07 Å². The highest BCUT2D eigenvalue weighted by Crippen LogP contribution is 2.33. The average molecular weight is 341 g/mol. The van der Waals surface area contributed by atoms with Crippen LogP contribution in [-0.2, 0) is 0 Å². The summed E-state index contributed by atoms with van der Waals surface area (Å²) in [4.78, 5) is 16.2. The van der Waals surface area contributed by atoms with Gasteiger partial charge in [-0.3, -0.25) is 0 Å². The zero-order valence-corrected chi connectivity index (χ0v) is 14.7. The number of hydrogen-bond acceptors (Lipinski definition) is 4. The van der Waals surface area contributed by atoms with Crippen LogP contribution in [0.25, 0.3) is 0 Å². The summed E-state index contributed by atoms with van der Waals surface area (Å²) in [7, 11) is 1.60. The maximum atomic E-state index is 11.9. The number of hydrogen-bond donors (Lipinski definition) is 2. The lowest BCUT2D eigenvalue weighted by Crippen LogP contribution is -2.37. The van der Waals surface area contributed by atoms with Gasteiger partial charge >= 0.3 is 6.03 Å². The minimum atomic E-state index is -0.213. The van der Waals surface area contributed by atoms with Gasteiger partial charge in [0.25, 0.3) is 0 Å². The van der Waals surface area contributed by atoms with Gasteiger partial charge in [0.2, 0.25) is 5.88 Å². The van der Waals surface area contributed by atoms with Crippen molar-refractivity contribution in [2.45, 2.75) is 32.7 Å². The minimum absolute atomic E-state index is 0.199. The lowest BCUT2D eigenvalue weighted by atomic mass is 10.2. The van der Waals surface area contributed by atoms with E-state index in [0.717, 1.165) is 5.56 Å². The molecule has 0 saturated heterocycles. The molecule has 1 heterocycles. The van der Waals surface area contributed by atoms with Gasteiger partial charge in [-0.25, -0.2) is 9.78 Å². The molecular formula is C19H23N3O3. The Kier molecular flexibility index (Phi) is 5.07. The molecule has 1 unspecified atom stereocenters. The van der Waals surface area contributed by atoms with Crippen molar-refractivity contribution in [3.63, 3.8) is 0 Å². The van der Waals surface area contributed by atoms with Crippen molar-refractivity contribution >= 4 is 11.7 Å². The third kappa shape index (κ3) is 4.62. The number of aromatic nitrogens is 1. The number of pyridine rings is 1. The summed E-state index contributed by atoms with van der Waals surface area (Å²) in [6.07, 6.45) is 3.95. The molecule has 0 bridgehead atoms. The molecule has 132 valence electrons. The summed E-state index contributed by atoms with van der Waals surface area (Å²) in [6, 6.07) is 9.13. The molecule has 2 N–H and O–H groups in total. The monoisotopic (exact) mass is 341 g/mol. The number of ether oxygens (including phenoxy) is 2. The van der Waals surface area contributed by atoms with Gasteiger partial charge in [0.15, 0.2) is 11.5 Å². The number of carbonyl (C=O) groups excluding carboxylic acids is 1. The van der Waals surface area contributed by atoms with Gasteiger partial charge < -0.3 is 20.1 Å². The van der Waals surface area contributed by atoms with Crippen LogP contribution in [0.15, 0.2) is 36.5 Å². The first-order valence-corrected chi connectivity index (χ1v) is 8.41. The van der Waals surface area contributed by atoms with Crippen molar-refractivity contribution in [2.75, 3.05) is 12.4 Å². The van der Waals surface area contributed by atoms with Crippen LogP contribution in [0.4, 0.5) is 10.5 Å². The Hall–Kier alpha value is -2.76. The van der Waals surface area contributed by atoms with E-state index in [0.29, 0.717) is 29.0 Å². The summed E-state index contributed by atoms with van der Waals surface area (Å²) in [5.74, 6) is 2.29. The van der Waals surface area contributed by atoms with Crippen LogP contribution in [0.3, 0.4) is 0 Å². The molecule has 0 radical (unpaired) electrons. The fraction of sp³-hybridized carbons (Fsp3) is 0.368. The molecular weight excluding hydrogens is 318 g/mol. The predicted molar refractivity (Wildman–Crippen MR) is 96.4 cm³/mol. The summed E-state index contributed by atoms with van der Waals surface area (Å²) in [5, 5.41) is 5.72. The maximum absolute atomic E-state index is 11.9. The molecule has 1 aliphatic carbocycles. The Morgan fingerprint density at radius 1 is 1.24 bits per heavy atom. The van der Waals surface area contributed by atoms with Gasteiger partial charge in [-0.15, -0.1) is 0 Å². The van der Waals surface area contributed by atoms with E-state index >= 15 is 0 Å². The van der Waals surface area contributed by atoms with Crippen molar-refractivity contribution < 1.29 is 14.3 Å². The highest BCUT2D eigenvalue weighted by molar-refractivity contribution is 5.89. The molecule has 1 aromatic carbocycles. The second-order valence-electron chi connectivity index (χ2n) is 6.37. The Bertz CT molecular complexity index is 742. The summed E-state index contributed by atoms with van der Waals surface area (Å²) >= 11 is 0. The van der Waals surface area contributed by atoms with Gasteiger partial charge in [0.05, 0.1) is 19.0 Å². The Morgan fingerprint density at radius 2 is 2.04 bits per heavy atom. The third-order valence-corrected chi connectivity index (χ3v) is 4.22. The summed E-state index contributed by atoms with van der Waals surface area (Å²) < 4.78 is 11.1. The predicted octanol–water partition coefficient (Wildman–Crippen LogP) is 4.11. The standard InChI is InChI=1S/C19H23N3O3/c1-12-4-8-16(17(10-12)24-3)25-18-9-7-15(11-20-18)22-19(23)21-13(2)14-5-6-14/h4,7-11,13-14H,5-6H2,1-3H3,(H2,21,22,23). The highest BCUT2D eigenvalue weighted by atomic mass is 16.5. The number of carbonyl (C=O) groups is 1. The lowest BCUT2D eigenvalue weighted by Gasteiger charge is -2.14. The van der Waals surface area contributed by atoms with E-state index in [1.54, 1.807) is 25.4 Å². The number of nitrogens with one attached hydrogen (secondary N) is 2. The molecule has 1 fully saturated rings. The van der Waals surface area contributed by atoms with Crippen LogP contribution in [0.1, 0.15) is 25.3 Å². The van der Waals surface area contributed by atoms with E-state index in [1.807, 2.05) is 32.0 Å². The first-order valence-electron chi connectivity index (χ1n) is 8.41. The quantitative estimate of drug-likeness (QED) is 0.829. The van der Waals surface area contributed by atoms with E-state index in [9.17, 15) is 4.79 Å². The first-order chi connectivity index (χ1) is 12.0. The molecule has 1 saturated carbocycles. The van der Waals surface area contributed by atoms with Crippen molar-refractivity contribution in [3.8, 4) is 17.4 Å². The van der Waals surface area contributed by atoms with Gasteiger partial charge in [-0.05, 0) is 56.4 Å². The van der Waals surface area contributed by atoms with E-state index in [2.05, 4.69) is 15.6 Å².